The summed E-state index contributed by atoms with van der Waals surface area (Å²) in [6, 6.07) is 0. The molecule has 0 N–H and O–H groups in total. The Balaban J connectivity index is 2.43. The van der Waals surface area contributed by atoms with E-state index in [1.165, 1.54) is 23.7 Å². The van der Waals surface area contributed by atoms with Gasteiger partial charge >= 0.3 is 5.55 Å². The topological polar surface area (TPSA) is 86.6 Å². The first-order chi connectivity index (χ1) is 7.22. The highest BCUT2D eigenvalue weighted by molar-refractivity contribution is 4.45. The lowest BCUT2D eigenvalue weighted by Crippen LogP contribution is -2.37. The number of nitro groups is 1. The third-order valence-corrected chi connectivity index (χ3v) is 1.92. The van der Waals surface area contributed by atoms with Crippen molar-refractivity contribution < 1.29 is 14.2 Å². The molecule has 7 nitrogen and oxygen atoms in total. The summed E-state index contributed by atoms with van der Waals surface area (Å²) in [5.41, 5.74) is -0.0736. The van der Waals surface area contributed by atoms with Gasteiger partial charge in [0.15, 0.2) is 5.03 Å². The van der Waals surface area contributed by atoms with E-state index in [1.807, 2.05) is 0 Å². The molecule has 0 saturated carbocycles. The Labute approximate surface area is 86.5 Å². The lowest BCUT2D eigenvalue weighted by molar-refractivity contribution is -0.767. The highest BCUT2D eigenvalue weighted by atomic mass is 16.7. The summed E-state index contributed by atoms with van der Waals surface area (Å²) >= 11 is 0. The maximum atomic E-state index is 10.0. The number of nitrogens with zero attached hydrogens (tertiary/aromatic N) is 4. The molecule has 84 valence electrons. The van der Waals surface area contributed by atoms with Crippen LogP contribution in [0.3, 0.4) is 0 Å². The van der Waals surface area contributed by atoms with Crippen molar-refractivity contribution in [2.45, 2.75) is 39.2 Å². The third-order valence-electron chi connectivity index (χ3n) is 1.92. The largest absolute Gasteiger partial charge is 0.482 e. The van der Waals surface area contributed by atoms with Crippen LogP contribution in [0.2, 0.25) is 0 Å². The van der Waals surface area contributed by atoms with Crippen LogP contribution in [-0.4, -0.2) is 5.03 Å². The second-order valence-electron chi connectivity index (χ2n) is 3.20. The molecule has 0 aromatic carbocycles. The molecule has 1 heterocycles. The Morgan fingerprint density at radius 3 is 3.07 bits per heavy atom. The predicted molar refractivity (Wildman–Crippen MR) is 48.9 cm³/mol. The zero-order valence-electron chi connectivity index (χ0n) is 8.63. The van der Waals surface area contributed by atoms with Gasteiger partial charge in [0.05, 0.1) is 0 Å². The van der Waals surface area contributed by atoms with Crippen molar-refractivity contribution in [2.24, 2.45) is 5.10 Å². The molecule has 0 unspecified atom stereocenters. The van der Waals surface area contributed by atoms with Crippen molar-refractivity contribution in [3.8, 4) is 0 Å². The van der Waals surface area contributed by atoms with Crippen molar-refractivity contribution in [1.29, 1.82) is 0 Å². The monoisotopic (exact) mass is 214 g/mol. The van der Waals surface area contributed by atoms with Crippen LogP contribution < -0.4 is 15.5 Å². The van der Waals surface area contributed by atoms with Crippen LogP contribution in [0.1, 0.15) is 32.6 Å². The van der Waals surface area contributed by atoms with Gasteiger partial charge in [-0.15, -0.1) is 0 Å². The lowest BCUT2D eigenvalue weighted by atomic mass is 10.2. The zero-order chi connectivity index (χ0) is 11.1. The van der Waals surface area contributed by atoms with Gasteiger partial charge in [0, 0.05) is 6.42 Å². The van der Waals surface area contributed by atoms with Crippen molar-refractivity contribution in [2.75, 3.05) is 0 Å². The Morgan fingerprint density at radius 2 is 2.40 bits per heavy atom. The van der Waals surface area contributed by atoms with E-state index in [-0.39, 0.29) is 5.55 Å². The predicted octanol–water partition coefficient (Wildman–Crippen LogP) is 0.197. The lowest BCUT2D eigenvalue weighted by Gasteiger charge is -1.96. The highest BCUT2D eigenvalue weighted by Gasteiger charge is 2.00. The van der Waals surface area contributed by atoms with Gasteiger partial charge in [-0.2, -0.15) is 0 Å². The molecular weight excluding hydrogens is 200 g/mol. The van der Waals surface area contributed by atoms with E-state index in [9.17, 15) is 10.1 Å². The molecule has 1 aromatic rings. The van der Waals surface area contributed by atoms with Crippen LogP contribution >= 0.6 is 0 Å². The van der Waals surface area contributed by atoms with Gasteiger partial charge in [-0.3, -0.25) is 5.27 Å². The molecule has 0 atom stereocenters. The molecule has 0 aliphatic rings. The molecule has 1 rings (SSSR count). The second kappa shape index (κ2) is 5.94. The average Bonchev–Trinajstić information content (AvgIpc) is 2.59. The van der Waals surface area contributed by atoms with Crippen LogP contribution in [0.5, 0.6) is 0 Å². The number of hydrogen-bond donors (Lipinski definition) is 0. The first-order valence-electron chi connectivity index (χ1n) is 4.95. The van der Waals surface area contributed by atoms with Crippen molar-refractivity contribution in [1.82, 2.24) is 5.27 Å². The molecule has 0 fully saturated rings. The molecule has 0 aliphatic heterocycles. The minimum Gasteiger partial charge on any atom is -0.482 e. The van der Waals surface area contributed by atoms with Crippen molar-refractivity contribution in [3.63, 3.8) is 0 Å². The Bertz CT molecular complexity index is 368. The molecule has 0 saturated heterocycles. The fraction of sp³-hybridized carbons (Fsp3) is 0.750. The zero-order valence-corrected chi connectivity index (χ0v) is 8.63. The van der Waals surface area contributed by atoms with Crippen LogP contribution in [0.15, 0.2) is 15.8 Å². The standard InChI is InChI=1S/C8H14N4O3/c1-2-3-4-5-6-11-7-8(15-10-11)9-12(13)14/h7H,2-6H2,1H3/b9-8-. The van der Waals surface area contributed by atoms with Crippen LogP contribution in [0.4, 0.5) is 0 Å². The number of unbranched alkanes of at least 4 members (excludes halogenated alkanes) is 3. The first kappa shape index (κ1) is 11.4. The summed E-state index contributed by atoms with van der Waals surface area (Å²) < 4.78 is 6.16. The molecule has 1 aromatic heterocycles. The first-order valence-corrected chi connectivity index (χ1v) is 4.95. The number of rotatable bonds is 6. The molecular formula is C8H14N4O3. The molecule has 0 spiro atoms. The fourth-order valence-electron chi connectivity index (χ4n) is 1.20. The number of aromatic nitrogens is 2. The Morgan fingerprint density at radius 1 is 1.60 bits per heavy atom. The van der Waals surface area contributed by atoms with E-state index in [4.69, 9.17) is 0 Å². The smallest absolute Gasteiger partial charge is 0.343 e. The molecule has 0 bridgehead atoms. The van der Waals surface area contributed by atoms with E-state index < -0.39 is 5.03 Å². The van der Waals surface area contributed by atoms with E-state index in [1.54, 1.807) is 0 Å². The second-order valence-corrected chi connectivity index (χ2v) is 3.20. The average molecular weight is 214 g/mol. The van der Waals surface area contributed by atoms with Crippen LogP contribution in [0, 0.1) is 10.1 Å². The Hall–Kier alpha value is -1.66. The van der Waals surface area contributed by atoms with Crippen LogP contribution in [-0.2, 0) is 6.54 Å². The number of aryl methyl sites for hydroxylation is 1. The van der Waals surface area contributed by atoms with Crippen LogP contribution in [0.25, 0.3) is 0 Å². The third kappa shape index (κ3) is 4.39. The number of hydrogen-bond acceptors (Lipinski definition) is 3. The Kier molecular flexibility index (Phi) is 4.52. The van der Waals surface area contributed by atoms with E-state index in [0.29, 0.717) is 6.54 Å². The van der Waals surface area contributed by atoms with Crippen molar-refractivity contribution >= 4 is 0 Å². The maximum Gasteiger partial charge on any atom is 0.343 e. The molecule has 0 aliphatic carbocycles. The minimum absolute atomic E-state index is 0.0736. The van der Waals surface area contributed by atoms with E-state index in [0.717, 1.165) is 12.8 Å². The molecule has 0 radical (unpaired) electrons. The SMILES string of the molecule is CCCCCC[n+]1c/c(=N/[N+](=O)[O-])o[n-]1. The summed E-state index contributed by atoms with van der Waals surface area (Å²) in [6.07, 6.45) is 5.89. The quantitative estimate of drug-likeness (QED) is 0.293. The van der Waals surface area contributed by atoms with Gasteiger partial charge in [0.25, 0.3) is 0 Å². The normalized spacial score (nSPS) is 11.9. The molecule has 0 amide bonds. The van der Waals surface area contributed by atoms with E-state index in [2.05, 4.69) is 21.8 Å². The summed E-state index contributed by atoms with van der Waals surface area (Å²) in [6.45, 7) is 2.84. The summed E-state index contributed by atoms with van der Waals surface area (Å²) in [5.74, 6) is 0. The molecule has 15 heavy (non-hydrogen) atoms. The molecule has 7 heteroatoms. The highest BCUT2D eigenvalue weighted by Crippen LogP contribution is 1.97. The van der Waals surface area contributed by atoms with Gasteiger partial charge in [0.1, 0.15) is 11.6 Å². The van der Waals surface area contributed by atoms with Gasteiger partial charge in [-0.05, 0) is 6.42 Å². The fourth-order valence-corrected chi connectivity index (χ4v) is 1.20. The van der Waals surface area contributed by atoms with Gasteiger partial charge in [0.2, 0.25) is 6.20 Å². The van der Waals surface area contributed by atoms with Gasteiger partial charge < -0.3 is 4.52 Å². The summed E-state index contributed by atoms with van der Waals surface area (Å²) in [5, 5.41) is 15.8. The maximum absolute atomic E-state index is 10.0. The minimum atomic E-state index is -0.804. The van der Waals surface area contributed by atoms with Gasteiger partial charge in [-0.1, -0.05) is 19.8 Å². The summed E-state index contributed by atoms with van der Waals surface area (Å²) in [4.78, 5) is 10.0. The summed E-state index contributed by atoms with van der Waals surface area (Å²) in [7, 11) is 0. The van der Waals surface area contributed by atoms with E-state index >= 15 is 0 Å². The van der Waals surface area contributed by atoms with Crippen molar-refractivity contribution in [3.05, 3.63) is 21.9 Å². The van der Waals surface area contributed by atoms with Gasteiger partial charge in [-0.25, -0.2) is 14.8 Å².